The number of hydrogen-bond acceptors (Lipinski definition) is 8. The Labute approximate surface area is 179 Å². The van der Waals surface area contributed by atoms with Gasteiger partial charge in [-0.25, -0.2) is 9.79 Å². The van der Waals surface area contributed by atoms with Crippen molar-refractivity contribution in [2.75, 3.05) is 33.8 Å². The van der Waals surface area contributed by atoms with E-state index in [0.29, 0.717) is 24.4 Å². The van der Waals surface area contributed by atoms with E-state index in [1.54, 1.807) is 18.3 Å². The number of likely N-dealkylation sites (N-methyl/N-ethyl adjacent to an activating group) is 1. The molecular formula is C20H26N4O3S2. The van der Waals surface area contributed by atoms with Crippen molar-refractivity contribution in [2.24, 2.45) is 4.99 Å². The van der Waals surface area contributed by atoms with Gasteiger partial charge in [0.25, 0.3) is 0 Å². The summed E-state index contributed by atoms with van der Waals surface area (Å²) < 4.78 is 5.32. The monoisotopic (exact) mass is 434 g/mol. The smallest absolute Gasteiger partial charge is 0.338 e. The maximum atomic E-state index is 12.8. The van der Waals surface area contributed by atoms with Gasteiger partial charge in [0.05, 0.1) is 24.3 Å². The first-order chi connectivity index (χ1) is 13.9. The highest BCUT2D eigenvalue weighted by Crippen LogP contribution is 2.45. The van der Waals surface area contributed by atoms with Gasteiger partial charge in [-0.1, -0.05) is 17.8 Å². The van der Waals surface area contributed by atoms with Gasteiger partial charge in [-0.15, -0.1) is 11.3 Å². The van der Waals surface area contributed by atoms with Crippen LogP contribution < -0.4 is 5.32 Å². The van der Waals surface area contributed by atoms with Crippen molar-refractivity contribution in [1.82, 2.24) is 15.1 Å². The minimum Gasteiger partial charge on any atom is -0.463 e. The summed E-state index contributed by atoms with van der Waals surface area (Å²) in [5.41, 5.74) is 2.02. The fourth-order valence-electron chi connectivity index (χ4n) is 3.20. The highest BCUT2D eigenvalue weighted by molar-refractivity contribution is 8.16. The minimum absolute atomic E-state index is 0.0474. The molecule has 0 aromatic carbocycles. The molecule has 0 radical (unpaired) electrons. The number of carbonyl (C=O) groups is 2. The van der Waals surface area contributed by atoms with E-state index in [-0.39, 0.29) is 24.3 Å². The second-order valence-electron chi connectivity index (χ2n) is 6.96. The third kappa shape index (κ3) is 4.91. The van der Waals surface area contributed by atoms with Crippen molar-refractivity contribution in [3.05, 3.63) is 44.8 Å². The van der Waals surface area contributed by atoms with Gasteiger partial charge in [-0.2, -0.15) is 0 Å². The van der Waals surface area contributed by atoms with Crippen molar-refractivity contribution >= 4 is 40.1 Å². The number of amides is 1. The molecule has 1 N–H and O–H groups in total. The van der Waals surface area contributed by atoms with Gasteiger partial charge in [-0.3, -0.25) is 4.79 Å². The quantitative estimate of drug-likeness (QED) is 0.634. The topological polar surface area (TPSA) is 74.2 Å². The van der Waals surface area contributed by atoms with E-state index in [9.17, 15) is 9.59 Å². The maximum absolute atomic E-state index is 12.8. The first-order valence-electron chi connectivity index (χ1n) is 9.48. The average molecular weight is 435 g/mol. The molecule has 3 heterocycles. The lowest BCUT2D eigenvalue weighted by Crippen LogP contribution is -2.38. The number of carbonyl (C=O) groups excluding carboxylic acids is 2. The third-order valence-electron chi connectivity index (χ3n) is 4.53. The van der Waals surface area contributed by atoms with Crippen molar-refractivity contribution in [3.8, 4) is 0 Å². The second kappa shape index (κ2) is 9.60. The summed E-state index contributed by atoms with van der Waals surface area (Å²) in [5, 5.41) is 7.67. The Balaban J connectivity index is 1.85. The molecule has 2 aliphatic rings. The van der Waals surface area contributed by atoms with Crippen LogP contribution in [0.5, 0.6) is 0 Å². The highest BCUT2D eigenvalue weighted by Gasteiger charge is 2.41. The van der Waals surface area contributed by atoms with Crippen LogP contribution in [0, 0.1) is 0 Å². The standard InChI is InChI=1S/C20H26N4O3S2/c1-5-27-19(26)17-13(2)22-20-24(18(17)15-7-6-10-28-15)14(12-29-20)11-16(25)21-8-9-23(3)4/h6-7,10,12,18H,5,8-9,11H2,1-4H3,(H,21,25)/t18-/m0/s1. The molecule has 29 heavy (non-hydrogen) atoms. The van der Waals surface area contributed by atoms with Gasteiger partial charge in [0.2, 0.25) is 5.91 Å². The van der Waals surface area contributed by atoms with E-state index >= 15 is 0 Å². The predicted molar refractivity (Wildman–Crippen MR) is 118 cm³/mol. The molecular weight excluding hydrogens is 408 g/mol. The van der Waals surface area contributed by atoms with Crippen molar-refractivity contribution in [2.45, 2.75) is 26.3 Å². The van der Waals surface area contributed by atoms with Crippen molar-refractivity contribution in [3.63, 3.8) is 0 Å². The molecule has 9 heteroatoms. The Hall–Kier alpha value is -2.10. The van der Waals surface area contributed by atoms with E-state index in [1.807, 2.05) is 53.7 Å². The van der Waals surface area contributed by atoms with E-state index in [1.165, 1.54) is 11.8 Å². The van der Waals surface area contributed by atoms with Crippen LogP contribution in [0.1, 0.15) is 31.2 Å². The summed E-state index contributed by atoms with van der Waals surface area (Å²) in [6, 6.07) is 3.63. The molecule has 156 valence electrons. The van der Waals surface area contributed by atoms with Crippen LogP contribution in [0.2, 0.25) is 0 Å². The molecule has 0 fully saturated rings. The lowest BCUT2D eigenvalue weighted by atomic mass is 9.99. The summed E-state index contributed by atoms with van der Waals surface area (Å²) in [5.74, 6) is -0.410. The summed E-state index contributed by atoms with van der Waals surface area (Å²) in [6.45, 7) is 5.30. The van der Waals surface area contributed by atoms with Gasteiger partial charge in [0, 0.05) is 23.7 Å². The third-order valence-corrected chi connectivity index (χ3v) is 6.35. The zero-order valence-electron chi connectivity index (χ0n) is 17.1. The molecule has 1 atom stereocenters. The molecule has 0 bridgehead atoms. The predicted octanol–water partition coefficient (Wildman–Crippen LogP) is 2.95. The molecule has 0 saturated carbocycles. The number of hydrogen-bond donors (Lipinski definition) is 1. The number of fused-ring (bicyclic) bond motifs is 1. The number of ether oxygens (including phenoxy) is 1. The normalized spacial score (nSPS) is 18.5. The molecule has 0 aliphatic carbocycles. The zero-order chi connectivity index (χ0) is 21.0. The van der Waals surface area contributed by atoms with E-state index < -0.39 is 0 Å². The van der Waals surface area contributed by atoms with Gasteiger partial charge in [0.15, 0.2) is 5.17 Å². The number of aliphatic imine (C=N–C) groups is 1. The number of nitrogens with one attached hydrogen (secondary N) is 1. The molecule has 7 nitrogen and oxygen atoms in total. The Morgan fingerprint density at radius 3 is 2.83 bits per heavy atom. The van der Waals surface area contributed by atoms with E-state index in [2.05, 4.69) is 10.3 Å². The summed E-state index contributed by atoms with van der Waals surface area (Å²) in [7, 11) is 3.94. The molecule has 0 saturated heterocycles. The Morgan fingerprint density at radius 2 is 2.17 bits per heavy atom. The number of nitrogens with zero attached hydrogens (tertiary/aromatic N) is 3. The molecule has 2 aliphatic heterocycles. The molecule has 1 aromatic rings. The van der Waals surface area contributed by atoms with Gasteiger partial charge in [0.1, 0.15) is 6.04 Å². The lowest BCUT2D eigenvalue weighted by Gasteiger charge is -2.35. The lowest BCUT2D eigenvalue weighted by molar-refractivity contribution is -0.139. The van der Waals surface area contributed by atoms with Crippen LogP contribution in [-0.4, -0.2) is 60.6 Å². The van der Waals surface area contributed by atoms with Gasteiger partial charge < -0.3 is 19.9 Å². The summed E-state index contributed by atoms with van der Waals surface area (Å²) in [4.78, 5) is 34.9. The first kappa shape index (κ1) is 21.6. The number of rotatable bonds is 8. The van der Waals surface area contributed by atoms with Crippen LogP contribution >= 0.6 is 23.1 Å². The van der Waals surface area contributed by atoms with Crippen LogP contribution in [0.4, 0.5) is 0 Å². The van der Waals surface area contributed by atoms with E-state index in [4.69, 9.17) is 4.74 Å². The molecule has 1 amide bonds. The number of allylic oxidation sites excluding steroid dienone is 1. The molecule has 3 rings (SSSR count). The zero-order valence-corrected chi connectivity index (χ0v) is 18.7. The number of esters is 1. The van der Waals surface area contributed by atoms with Gasteiger partial charge >= 0.3 is 5.97 Å². The Kier molecular flexibility index (Phi) is 7.15. The summed E-state index contributed by atoms with van der Waals surface area (Å²) in [6.07, 6.45) is 0.233. The molecule has 1 aromatic heterocycles. The highest BCUT2D eigenvalue weighted by atomic mass is 32.2. The SMILES string of the molecule is CCOC(=O)C1=C(C)N=C2SC=C(CC(=O)NCCN(C)C)N2[C@H]1c1cccs1. The largest absolute Gasteiger partial charge is 0.463 e. The van der Waals surface area contributed by atoms with Crippen LogP contribution in [0.15, 0.2) is 44.9 Å². The average Bonchev–Trinajstić information content (AvgIpc) is 3.31. The van der Waals surface area contributed by atoms with Gasteiger partial charge in [-0.05, 0) is 44.8 Å². The van der Waals surface area contributed by atoms with Crippen LogP contribution in [0.3, 0.4) is 0 Å². The first-order valence-corrected chi connectivity index (χ1v) is 11.2. The Bertz CT molecular complexity index is 859. The number of amidine groups is 1. The van der Waals surface area contributed by atoms with Crippen LogP contribution in [-0.2, 0) is 14.3 Å². The Morgan fingerprint density at radius 1 is 1.38 bits per heavy atom. The molecule has 0 unspecified atom stereocenters. The number of thioether (sulfide) groups is 1. The second-order valence-corrected chi connectivity index (χ2v) is 8.77. The minimum atomic E-state index is -0.363. The van der Waals surface area contributed by atoms with E-state index in [0.717, 1.165) is 22.3 Å². The van der Waals surface area contributed by atoms with Crippen LogP contribution in [0.25, 0.3) is 0 Å². The number of thiophene rings is 1. The molecule has 0 spiro atoms. The fourth-order valence-corrected chi connectivity index (χ4v) is 4.99. The van der Waals surface area contributed by atoms with Crippen molar-refractivity contribution in [1.29, 1.82) is 0 Å². The fraction of sp³-hybridized carbons (Fsp3) is 0.450. The maximum Gasteiger partial charge on any atom is 0.338 e. The van der Waals surface area contributed by atoms with Crippen molar-refractivity contribution < 1.29 is 14.3 Å². The summed E-state index contributed by atoms with van der Waals surface area (Å²) >= 11 is 3.06.